The smallest absolute Gasteiger partial charge is 0.282 e. The van der Waals surface area contributed by atoms with E-state index in [1.54, 1.807) is 11.8 Å². The zero-order chi connectivity index (χ0) is 14.8. The molecule has 0 aromatic heterocycles. The highest BCUT2D eigenvalue weighted by Gasteiger charge is 2.36. The van der Waals surface area contributed by atoms with Gasteiger partial charge in [-0.3, -0.25) is 14.9 Å². The van der Waals surface area contributed by atoms with Gasteiger partial charge in [0.1, 0.15) is 5.56 Å². The molecule has 0 atom stereocenters. The first-order valence-corrected chi connectivity index (χ1v) is 7.57. The second-order valence-corrected chi connectivity index (χ2v) is 6.23. The highest BCUT2D eigenvalue weighted by atomic mass is 32.2. The molecule has 20 heavy (non-hydrogen) atoms. The van der Waals surface area contributed by atoms with Crippen molar-refractivity contribution in [1.29, 1.82) is 0 Å². The molecule has 0 radical (unpaired) electrons. The average Bonchev–Trinajstić information content (AvgIpc) is 2.37. The molecular weight excluding hydrogens is 278 g/mol. The number of rotatable bonds is 5. The molecule has 2 rings (SSSR count). The molecule has 0 spiro atoms. The van der Waals surface area contributed by atoms with Crippen molar-refractivity contribution >= 4 is 29.0 Å². The minimum Gasteiger partial charge on any atom is -0.399 e. The van der Waals surface area contributed by atoms with Crippen LogP contribution in [0.3, 0.4) is 0 Å². The fourth-order valence-corrected chi connectivity index (χ4v) is 3.17. The van der Waals surface area contributed by atoms with Gasteiger partial charge >= 0.3 is 0 Å². The fourth-order valence-electron chi connectivity index (χ4n) is 2.26. The first-order valence-electron chi connectivity index (χ1n) is 6.35. The summed E-state index contributed by atoms with van der Waals surface area (Å²) in [5.74, 6) is -0.440. The minimum absolute atomic E-state index is 0.0191. The quantitative estimate of drug-likeness (QED) is 0.493. The Morgan fingerprint density at radius 1 is 1.55 bits per heavy atom. The Morgan fingerprint density at radius 3 is 2.75 bits per heavy atom. The number of carbonyl (C=O) groups excluding carboxylic acids is 1. The van der Waals surface area contributed by atoms with Crippen LogP contribution in [0.4, 0.5) is 11.4 Å². The van der Waals surface area contributed by atoms with Gasteiger partial charge in [-0.25, -0.2) is 0 Å². The summed E-state index contributed by atoms with van der Waals surface area (Å²) in [7, 11) is 0. The normalized spacial score (nSPS) is 16.2. The summed E-state index contributed by atoms with van der Waals surface area (Å²) < 4.78 is 0.0881. The van der Waals surface area contributed by atoms with Crippen molar-refractivity contribution in [1.82, 2.24) is 5.32 Å². The molecule has 3 N–H and O–H groups in total. The van der Waals surface area contributed by atoms with Crippen LogP contribution in [-0.2, 0) is 0 Å². The van der Waals surface area contributed by atoms with Crippen LogP contribution in [0.15, 0.2) is 18.2 Å². The summed E-state index contributed by atoms with van der Waals surface area (Å²) in [6.07, 6.45) is 5.31. The summed E-state index contributed by atoms with van der Waals surface area (Å²) in [4.78, 5) is 22.5. The van der Waals surface area contributed by atoms with Crippen molar-refractivity contribution in [2.75, 3.05) is 18.5 Å². The van der Waals surface area contributed by atoms with Gasteiger partial charge < -0.3 is 11.1 Å². The molecule has 0 aliphatic heterocycles. The molecule has 0 heterocycles. The van der Waals surface area contributed by atoms with Crippen LogP contribution in [0.2, 0.25) is 0 Å². The molecule has 1 amide bonds. The summed E-state index contributed by atoms with van der Waals surface area (Å²) in [5.41, 5.74) is 5.74. The molecule has 0 saturated heterocycles. The third kappa shape index (κ3) is 2.87. The second-order valence-electron chi connectivity index (χ2n) is 4.96. The van der Waals surface area contributed by atoms with E-state index in [4.69, 9.17) is 5.73 Å². The molecule has 1 saturated carbocycles. The van der Waals surface area contributed by atoms with Crippen LogP contribution in [0, 0.1) is 10.1 Å². The van der Waals surface area contributed by atoms with Gasteiger partial charge in [0, 0.05) is 23.0 Å². The standard InChI is InChI=1S/C13H17N3O3S/c1-20-13(5-2-6-13)8-15-12(17)10-7-9(14)3-4-11(10)16(18)19/h3-4,7H,2,5-6,8,14H2,1H3,(H,15,17). The van der Waals surface area contributed by atoms with Gasteiger partial charge in [0.25, 0.3) is 11.6 Å². The van der Waals surface area contributed by atoms with Crippen LogP contribution in [-0.4, -0.2) is 28.4 Å². The minimum atomic E-state index is -0.567. The Labute approximate surface area is 121 Å². The number of nitrogens with one attached hydrogen (secondary N) is 1. The Morgan fingerprint density at radius 2 is 2.25 bits per heavy atom. The topological polar surface area (TPSA) is 98.3 Å². The predicted octanol–water partition coefficient (Wildman–Crippen LogP) is 2.19. The Bertz CT molecular complexity index is 538. The molecule has 0 bridgehead atoms. The van der Waals surface area contributed by atoms with Crippen molar-refractivity contribution in [2.24, 2.45) is 0 Å². The summed E-state index contributed by atoms with van der Waals surface area (Å²) in [6, 6.07) is 4.03. The highest BCUT2D eigenvalue weighted by molar-refractivity contribution is 8.00. The van der Waals surface area contributed by atoms with Crippen LogP contribution >= 0.6 is 11.8 Å². The van der Waals surface area contributed by atoms with Gasteiger partial charge in [0.05, 0.1) is 4.92 Å². The van der Waals surface area contributed by atoms with Crippen LogP contribution in [0.1, 0.15) is 29.6 Å². The predicted molar refractivity (Wildman–Crippen MR) is 79.9 cm³/mol. The molecule has 1 aliphatic rings. The van der Waals surface area contributed by atoms with Gasteiger partial charge in [-0.1, -0.05) is 6.42 Å². The second kappa shape index (κ2) is 5.70. The maximum absolute atomic E-state index is 12.1. The third-order valence-corrected chi connectivity index (χ3v) is 5.15. The van der Waals surface area contributed by atoms with Crippen LogP contribution in [0.5, 0.6) is 0 Å². The molecule has 6 nitrogen and oxygen atoms in total. The van der Waals surface area contributed by atoms with Crippen molar-refractivity contribution in [3.8, 4) is 0 Å². The lowest BCUT2D eigenvalue weighted by molar-refractivity contribution is -0.385. The first kappa shape index (κ1) is 14.6. The Balaban J connectivity index is 2.12. The monoisotopic (exact) mass is 295 g/mol. The lowest BCUT2D eigenvalue weighted by Gasteiger charge is -2.40. The van der Waals surface area contributed by atoms with E-state index in [0.717, 1.165) is 19.3 Å². The van der Waals surface area contributed by atoms with Crippen molar-refractivity contribution in [3.05, 3.63) is 33.9 Å². The number of hydrogen-bond donors (Lipinski definition) is 2. The van der Waals surface area contributed by atoms with E-state index in [1.807, 2.05) is 6.26 Å². The zero-order valence-corrected chi connectivity index (χ0v) is 12.0. The van der Waals surface area contributed by atoms with Gasteiger partial charge in [-0.05, 0) is 31.2 Å². The lowest BCUT2D eigenvalue weighted by atomic mass is 9.84. The number of anilines is 1. The number of nitro groups is 1. The van der Waals surface area contributed by atoms with E-state index in [2.05, 4.69) is 5.32 Å². The van der Waals surface area contributed by atoms with Gasteiger partial charge in [0.2, 0.25) is 0 Å². The van der Waals surface area contributed by atoms with Crippen LogP contribution < -0.4 is 11.1 Å². The van der Waals surface area contributed by atoms with E-state index in [-0.39, 0.29) is 16.0 Å². The highest BCUT2D eigenvalue weighted by Crippen LogP contribution is 2.42. The summed E-state index contributed by atoms with van der Waals surface area (Å²) >= 11 is 1.74. The number of benzene rings is 1. The molecule has 0 unspecified atom stereocenters. The molecule has 1 aliphatic carbocycles. The van der Waals surface area contributed by atoms with E-state index >= 15 is 0 Å². The van der Waals surface area contributed by atoms with Gasteiger partial charge in [-0.2, -0.15) is 11.8 Å². The Kier molecular flexibility index (Phi) is 4.17. The van der Waals surface area contributed by atoms with E-state index in [1.165, 1.54) is 18.2 Å². The Hall–Kier alpha value is -1.76. The molecule has 1 aromatic rings. The number of thioether (sulfide) groups is 1. The zero-order valence-electron chi connectivity index (χ0n) is 11.2. The summed E-state index contributed by atoms with van der Waals surface area (Å²) in [5, 5.41) is 13.7. The van der Waals surface area contributed by atoms with E-state index < -0.39 is 10.8 Å². The molecule has 1 aromatic carbocycles. The summed E-state index contributed by atoms with van der Waals surface area (Å²) in [6.45, 7) is 0.527. The largest absolute Gasteiger partial charge is 0.399 e. The SMILES string of the molecule is CSC1(CNC(=O)c2cc(N)ccc2[N+](=O)[O-])CCC1. The number of hydrogen-bond acceptors (Lipinski definition) is 5. The number of nitro benzene ring substituents is 1. The van der Waals surface area contributed by atoms with Crippen molar-refractivity contribution in [3.63, 3.8) is 0 Å². The average molecular weight is 295 g/mol. The van der Waals surface area contributed by atoms with Gasteiger partial charge in [-0.15, -0.1) is 0 Å². The molecule has 108 valence electrons. The lowest BCUT2D eigenvalue weighted by Crippen LogP contribution is -2.45. The number of nitrogen functional groups attached to an aromatic ring is 1. The van der Waals surface area contributed by atoms with Crippen molar-refractivity contribution < 1.29 is 9.72 Å². The van der Waals surface area contributed by atoms with Gasteiger partial charge in [0.15, 0.2) is 0 Å². The van der Waals surface area contributed by atoms with E-state index in [0.29, 0.717) is 12.2 Å². The number of carbonyl (C=O) groups is 1. The maximum Gasteiger partial charge on any atom is 0.282 e. The molecule has 1 fully saturated rings. The molecule has 7 heteroatoms. The third-order valence-electron chi connectivity index (χ3n) is 3.73. The number of amides is 1. The number of nitrogens with two attached hydrogens (primary N) is 1. The van der Waals surface area contributed by atoms with E-state index in [9.17, 15) is 14.9 Å². The first-order chi connectivity index (χ1) is 9.47. The number of nitrogens with zero attached hydrogens (tertiary/aromatic N) is 1. The van der Waals surface area contributed by atoms with Crippen molar-refractivity contribution in [2.45, 2.75) is 24.0 Å². The fraction of sp³-hybridized carbons (Fsp3) is 0.462. The molecular formula is C13H17N3O3S. The van der Waals surface area contributed by atoms with Crippen LogP contribution in [0.25, 0.3) is 0 Å². The maximum atomic E-state index is 12.1.